The van der Waals surface area contributed by atoms with Gasteiger partial charge in [-0.15, -0.1) is 0 Å². The lowest BCUT2D eigenvalue weighted by Crippen LogP contribution is -2.27. The maximum atomic E-state index is 12.9. The molecule has 28 heavy (non-hydrogen) atoms. The van der Waals surface area contributed by atoms with Crippen LogP contribution in [0.4, 0.5) is 0 Å². The summed E-state index contributed by atoms with van der Waals surface area (Å²) in [4.78, 5) is 19.1. The molecule has 0 spiro atoms. The lowest BCUT2D eigenvalue weighted by atomic mass is 10.2. The van der Waals surface area contributed by atoms with Gasteiger partial charge < -0.3 is 9.30 Å². The van der Waals surface area contributed by atoms with Gasteiger partial charge in [-0.25, -0.2) is 9.67 Å². The molecule has 6 nitrogen and oxygen atoms in total. The number of nitrogens with zero attached hydrogens (tertiary/aromatic N) is 5. The molecule has 0 aliphatic heterocycles. The van der Waals surface area contributed by atoms with E-state index in [1.807, 2.05) is 78.5 Å². The van der Waals surface area contributed by atoms with E-state index in [-0.39, 0.29) is 5.91 Å². The summed E-state index contributed by atoms with van der Waals surface area (Å²) in [7, 11) is 1.80. The van der Waals surface area contributed by atoms with Crippen LogP contribution in [0.3, 0.4) is 0 Å². The first kappa shape index (κ1) is 18.0. The van der Waals surface area contributed by atoms with Crippen molar-refractivity contribution in [1.29, 1.82) is 0 Å². The zero-order valence-corrected chi connectivity index (χ0v) is 16.5. The molecule has 0 saturated carbocycles. The van der Waals surface area contributed by atoms with Crippen LogP contribution in [0.1, 0.15) is 33.0 Å². The van der Waals surface area contributed by atoms with Gasteiger partial charge in [0.05, 0.1) is 11.4 Å². The number of hydrogen-bond acceptors (Lipinski definition) is 3. The second-order valence-corrected chi connectivity index (χ2v) is 7.15. The van der Waals surface area contributed by atoms with Gasteiger partial charge in [0.2, 0.25) is 0 Å². The smallest absolute Gasteiger partial charge is 0.274 e. The molecule has 142 valence electrons. The molecule has 0 saturated heterocycles. The minimum absolute atomic E-state index is 0.104. The number of aromatic nitrogens is 4. The zero-order chi connectivity index (χ0) is 19.8. The summed E-state index contributed by atoms with van der Waals surface area (Å²) >= 11 is 0. The number of imidazole rings is 1. The highest BCUT2D eigenvalue weighted by Crippen LogP contribution is 2.20. The number of para-hydroxylation sites is 1. The molecule has 0 aliphatic rings. The average Bonchev–Trinajstić information content (AvgIpc) is 3.23. The fourth-order valence-electron chi connectivity index (χ4n) is 3.42. The maximum absolute atomic E-state index is 12.9. The Hall–Kier alpha value is -3.41. The summed E-state index contributed by atoms with van der Waals surface area (Å²) in [5.74, 6) is -0.104. The molecular formula is C22H23N5O. The van der Waals surface area contributed by atoms with E-state index >= 15 is 0 Å². The summed E-state index contributed by atoms with van der Waals surface area (Å²) in [6.07, 6.45) is 3.70. The molecule has 3 aromatic heterocycles. The topological polar surface area (TPSA) is 55.4 Å². The van der Waals surface area contributed by atoms with Gasteiger partial charge in [0.15, 0.2) is 0 Å². The number of carbonyl (C=O) groups excluding carboxylic acids is 1. The second kappa shape index (κ2) is 6.96. The fourth-order valence-corrected chi connectivity index (χ4v) is 3.42. The minimum atomic E-state index is -0.104. The van der Waals surface area contributed by atoms with Crippen LogP contribution in [0.25, 0.3) is 11.3 Å². The number of benzene rings is 1. The SMILES string of the molecule is Cc1ccn2cc(C(=O)N(C)Cc3c(C)nn(-c4ccccc4)c3C)nc2c1. The number of carbonyl (C=O) groups is 1. The van der Waals surface area contributed by atoms with E-state index in [9.17, 15) is 4.79 Å². The van der Waals surface area contributed by atoms with Crippen LogP contribution in [0.5, 0.6) is 0 Å². The minimum Gasteiger partial charge on any atom is -0.336 e. The zero-order valence-electron chi connectivity index (χ0n) is 16.5. The van der Waals surface area contributed by atoms with Gasteiger partial charge in [-0.1, -0.05) is 18.2 Å². The van der Waals surface area contributed by atoms with E-state index in [1.54, 1.807) is 18.1 Å². The van der Waals surface area contributed by atoms with E-state index < -0.39 is 0 Å². The van der Waals surface area contributed by atoms with Crippen LogP contribution in [0.15, 0.2) is 54.9 Å². The Balaban J connectivity index is 1.60. The molecule has 0 atom stereocenters. The third-order valence-electron chi connectivity index (χ3n) is 5.02. The molecule has 4 rings (SSSR count). The maximum Gasteiger partial charge on any atom is 0.274 e. The molecule has 0 bridgehead atoms. The van der Waals surface area contributed by atoms with Gasteiger partial charge in [-0.05, 0) is 50.6 Å². The van der Waals surface area contributed by atoms with Crippen LogP contribution in [0.2, 0.25) is 0 Å². The monoisotopic (exact) mass is 373 g/mol. The normalized spacial score (nSPS) is 11.1. The van der Waals surface area contributed by atoms with Crippen LogP contribution in [-0.2, 0) is 6.54 Å². The van der Waals surface area contributed by atoms with Crippen molar-refractivity contribution < 1.29 is 4.79 Å². The van der Waals surface area contributed by atoms with E-state index in [1.165, 1.54) is 0 Å². The first-order valence-corrected chi connectivity index (χ1v) is 9.25. The highest BCUT2D eigenvalue weighted by Gasteiger charge is 2.20. The lowest BCUT2D eigenvalue weighted by molar-refractivity contribution is 0.0779. The lowest BCUT2D eigenvalue weighted by Gasteiger charge is -2.16. The Morgan fingerprint density at radius 2 is 1.86 bits per heavy atom. The Labute approximate surface area is 164 Å². The van der Waals surface area contributed by atoms with Gasteiger partial charge in [-0.2, -0.15) is 5.10 Å². The van der Waals surface area contributed by atoms with Crippen molar-refractivity contribution in [1.82, 2.24) is 24.1 Å². The molecule has 6 heteroatoms. The van der Waals surface area contributed by atoms with Crippen molar-refractivity contribution in [3.8, 4) is 5.69 Å². The van der Waals surface area contributed by atoms with Crippen molar-refractivity contribution in [2.45, 2.75) is 27.3 Å². The highest BCUT2D eigenvalue weighted by atomic mass is 16.2. The molecule has 0 aliphatic carbocycles. The van der Waals surface area contributed by atoms with E-state index in [2.05, 4.69) is 10.1 Å². The van der Waals surface area contributed by atoms with Crippen LogP contribution >= 0.6 is 0 Å². The summed E-state index contributed by atoms with van der Waals surface area (Å²) in [5.41, 5.74) is 6.36. The standard InChI is InChI=1S/C22H23N5O/c1-15-10-11-26-14-20(23-21(26)12-15)22(28)25(4)13-19-16(2)24-27(17(19)3)18-8-6-5-7-9-18/h5-12,14H,13H2,1-4H3. The van der Waals surface area contributed by atoms with E-state index in [0.29, 0.717) is 12.2 Å². The fraction of sp³-hybridized carbons (Fsp3) is 0.227. The first-order chi connectivity index (χ1) is 13.4. The number of pyridine rings is 1. The van der Waals surface area contributed by atoms with Crippen molar-refractivity contribution in [2.24, 2.45) is 0 Å². The number of hydrogen-bond donors (Lipinski definition) is 0. The number of fused-ring (bicyclic) bond motifs is 1. The third kappa shape index (κ3) is 3.17. The summed E-state index contributed by atoms with van der Waals surface area (Å²) in [6.45, 7) is 6.51. The van der Waals surface area contributed by atoms with Crippen LogP contribution in [-0.4, -0.2) is 37.0 Å². The molecule has 0 radical (unpaired) electrons. The quantitative estimate of drug-likeness (QED) is 0.548. The van der Waals surface area contributed by atoms with Crippen molar-refractivity contribution in [2.75, 3.05) is 7.05 Å². The summed E-state index contributed by atoms with van der Waals surface area (Å²) < 4.78 is 3.80. The van der Waals surface area contributed by atoms with Crippen molar-refractivity contribution in [3.63, 3.8) is 0 Å². The van der Waals surface area contributed by atoms with Crippen molar-refractivity contribution >= 4 is 11.6 Å². The molecular weight excluding hydrogens is 350 g/mol. The Bertz CT molecular complexity index is 1160. The molecule has 4 aromatic rings. The third-order valence-corrected chi connectivity index (χ3v) is 5.02. The Kier molecular flexibility index (Phi) is 4.47. The van der Waals surface area contributed by atoms with Gasteiger partial charge >= 0.3 is 0 Å². The van der Waals surface area contributed by atoms with Crippen molar-refractivity contribution in [3.05, 3.63) is 83.1 Å². The summed E-state index contributed by atoms with van der Waals surface area (Å²) in [6, 6.07) is 14.0. The molecule has 1 aromatic carbocycles. The van der Waals surface area contributed by atoms with E-state index in [0.717, 1.165) is 33.8 Å². The Morgan fingerprint density at radius 1 is 1.11 bits per heavy atom. The molecule has 1 amide bonds. The second-order valence-electron chi connectivity index (χ2n) is 7.15. The van der Waals surface area contributed by atoms with Gasteiger partial charge in [0.1, 0.15) is 11.3 Å². The van der Waals surface area contributed by atoms with Crippen LogP contribution < -0.4 is 0 Å². The number of rotatable bonds is 4. The molecule has 0 N–H and O–H groups in total. The Morgan fingerprint density at radius 3 is 2.61 bits per heavy atom. The van der Waals surface area contributed by atoms with Gasteiger partial charge in [-0.3, -0.25) is 4.79 Å². The predicted molar refractivity (Wildman–Crippen MR) is 109 cm³/mol. The van der Waals surface area contributed by atoms with E-state index in [4.69, 9.17) is 0 Å². The average molecular weight is 373 g/mol. The first-order valence-electron chi connectivity index (χ1n) is 9.25. The van der Waals surface area contributed by atoms with Gasteiger partial charge in [0.25, 0.3) is 5.91 Å². The predicted octanol–water partition coefficient (Wildman–Crippen LogP) is 3.72. The highest BCUT2D eigenvalue weighted by molar-refractivity contribution is 5.92. The molecule has 0 fully saturated rings. The molecule has 0 unspecified atom stereocenters. The van der Waals surface area contributed by atoms with Crippen LogP contribution in [0, 0.1) is 20.8 Å². The molecule has 3 heterocycles. The number of aryl methyl sites for hydroxylation is 2. The number of amides is 1. The largest absolute Gasteiger partial charge is 0.336 e. The summed E-state index contributed by atoms with van der Waals surface area (Å²) in [5, 5.41) is 4.67. The van der Waals surface area contributed by atoms with Gasteiger partial charge in [0, 0.05) is 37.2 Å².